The van der Waals surface area contributed by atoms with E-state index in [1.807, 2.05) is 0 Å². The van der Waals surface area contributed by atoms with Crippen LogP contribution in [0.3, 0.4) is 0 Å². The van der Waals surface area contributed by atoms with Gasteiger partial charge in [0, 0.05) is 33.5 Å². The van der Waals surface area contributed by atoms with Crippen molar-refractivity contribution in [2.24, 2.45) is 0 Å². The number of hydrogen-bond acceptors (Lipinski definition) is 2. The van der Waals surface area contributed by atoms with E-state index < -0.39 is 11.1 Å². The fourth-order valence-electron chi connectivity index (χ4n) is 25.2. The second-order valence-electron chi connectivity index (χ2n) is 25.6. The summed E-state index contributed by atoms with van der Waals surface area (Å²) in [5, 5.41) is 88.1. The largest absolute Gasteiger partial charge is 0.338 e. The van der Waals surface area contributed by atoms with Gasteiger partial charge in [-0.1, -0.05) is 0 Å². The Kier molecular flexibility index (Phi) is 2.05. The van der Waals surface area contributed by atoms with Crippen molar-refractivity contribution in [1.82, 2.24) is 0 Å². The summed E-state index contributed by atoms with van der Waals surface area (Å²) < 4.78 is 0. The van der Waals surface area contributed by atoms with Crippen molar-refractivity contribution in [3.63, 3.8) is 0 Å². The topological polar surface area (TPSA) is 20.1 Å². The number of carbonyl (C=O) groups is 1. The van der Waals surface area contributed by atoms with E-state index in [4.69, 9.17) is 0 Å². The van der Waals surface area contributed by atoms with Crippen molar-refractivity contribution in [3.05, 3.63) is 52.1 Å². The third kappa shape index (κ3) is 1.30. The maximum Gasteiger partial charge on any atom is 0.159 e. The summed E-state index contributed by atoms with van der Waals surface area (Å²) in [6.07, 6.45) is 0. The van der Waals surface area contributed by atoms with Gasteiger partial charge in [-0.15, -0.1) is 0 Å². The van der Waals surface area contributed by atoms with E-state index in [9.17, 15) is 4.79 Å². The van der Waals surface area contributed by atoms with Crippen LogP contribution < -0.4 is 4.90 Å². The van der Waals surface area contributed by atoms with Crippen LogP contribution in [0.2, 0.25) is 0 Å². The summed E-state index contributed by atoms with van der Waals surface area (Å²) in [5.41, 5.74) is 7.96. The van der Waals surface area contributed by atoms with Crippen LogP contribution in [-0.2, 0) is 11.1 Å². The summed E-state index contributed by atoms with van der Waals surface area (Å²) in [7, 11) is 0. The van der Waals surface area contributed by atoms with Crippen LogP contribution in [0.25, 0.3) is 291 Å². The molecule has 0 N–H and O–H groups in total. The molecular weight excluding hydrogens is 847 g/mol. The van der Waals surface area contributed by atoms with E-state index in [0.29, 0.717) is 0 Å². The first-order valence-corrected chi connectivity index (χ1v) is 25.9. The number of nitrogens with zero attached hydrogens (tertiary/aromatic N) is 1. The van der Waals surface area contributed by atoms with Crippen LogP contribution in [0.5, 0.6) is 0 Å². The second-order valence-corrected chi connectivity index (χ2v) is 25.6. The van der Waals surface area contributed by atoms with Gasteiger partial charge < -0.3 is 4.90 Å². The van der Waals surface area contributed by atoms with Gasteiger partial charge >= 0.3 is 0 Å². The molecule has 0 aromatic heterocycles. The molecule has 2 spiro atoms. The van der Waals surface area contributed by atoms with Crippen molar-refractivity contribution in [2.75, 3.05) is 4.90 Å². The van der Waals surface area contributed by atoms with Crippen molar-refractivity contribution in [3.8, 4) is 0 Å². The highest BCUT2D eigenvalue weighted by Gasteiger charge is 2.86. The van der Waals surface area contributed by atoms with Crippen molar-refractivity contribution < 1.29 is 4.79 Å². The minimum absolute atomic E-state index is 0.142. The lowest BCUT2D eigenvalue weighted by Crippen LogP contribution is -2.27. The summed E-state index contributed by atoms with van der Waals surface area (Å²) in [6.45, 7) is 1.73. The monoisotopic (exact) mass is 853 g/mol. The Morgan fingerprint density at radius 2 is 0.386 bits per heavy atom. The average molecular weight is 854 g/mol. The standard InChI is InChI=1S/C68H7NO/c1-6(70)7-2-4-8(5-3-7)69-67-63-55-47-37-27-19-11-9-10-13-17-15(11)23-31-25(17)35-29-21(13)22-14(10)18-16-12(9)20(19)28-34-24(16)32-26(18)36-30(22)40-39(29)49-43(35)53-45(31)51(41(47)33(23)27)59(63)61(53)65-57(49)58-50(40)44(36)54-46(32)52-42(34)48(38(28)37)56(55)64(67)60(52)62(54)66(58)68(65,67)69/h2-5H,1H3. The Labute approximate surface area is 380 Å². The number of Topliss-reactive ketones (excluding diaryl/α,β-unsaturated/α-hetero) is 1. The minimum atomic E-state index is -0.393. The van der Waals surface area contributed by atoms with Gasteiger partial charge in [-0.2, -0.15) is 0 Å². The normalized spacial score (nSPS) is 22.2. The molecule has 0 amide bonds. The zero-order valence-corrected chi connectivity index (χ0v) is 35.7. The van der Waals surface area contributed by atoms with Gasteiger partial charge in [0.1, 0.15) is 11.1 Å². The number of benzene rings is 19. The molecule has 29 aromatic carbocycles. The first kappa shape index (κ1) is 25.5. The SMILES string of the molecule is CC(=O)c1ccc(N2C34c5c6c7c8c9c%10c(c%11c%12c3c3c5c5c%13c6c6c7c7c9c9c%14c%10c%10c%11c%11c%12c%12c3c3c5c5c%13c%13c6c6c7c9c7c9c%14c%10c%10c%11c%11c%12c3c3c5c5c%13c6c7c6c9c%10c%11c3c56)C824)cc1. The lowest BCUT2D eigenvalue weighted by atomic mass is 9.68. The number of carbonyl (C=O) groups excluding carboxylic acids is 1. The van der Waals surface area contributed by atoms with Crippen LogP contribution in [0.4, 0.5) is 5.69 Å². The Balaban J connectivity index is 1.15. The minimum Gasteiger partial charge on any atom is -0.338 e. The van der Waals surface area contributed by atoms with Crippen molar-refractivity contribution >= 4 is 302 Å². The van der Waals surface area contributed by atoms with Gasteiger partial charge in [0.25, 0.3) is 0 Å². The van der Waals surface area contributed by atoms with Gasteiger partial charge in [-0.05, 0) is 322 Å². The van der Waals surface area contributed by atoms with Crippen LogP contribution in [0, 0.1) is 0 Å². The zero-order valence-electron chi connectivity index (χ0n) is 35.7. The molecule has 5 aliphatic rings. The molecule has 0 saturated carbocycles. The Bertz CT molecular complexity index is 6880. The summed E-state index contributed by atoms with van der Waals surface area (Å²) in [6, 6.07) is 9.04. The predicted molar refractivity (Wildman–Crippen MR) is 293 cm³/mol. The third-order valence-electron chi connectivity index (χ3n) is 25.4. The maximum absolute atomic E-state index is 13.1. The van der Waals surface area contributed by atoms with Crippen molar-refractivity contribution in [1.29, 1.82) is 0 Å². The van der Waals surface area contributed by atoms with Crippen LogP contribution in [0.15, 0.2) is 24.3 Å². The highest BCUT2D eigenvalue weighted by molar-refractivity contribution is 6.82. The van der Waals surface area contributed by atoms with Crippen LogP contribution in [0.1, 0.15) is 39.5 Å². The Hall–Kier alpha value is -8.85. The molecule has 34 rings (SSSR count). The highest BCUT2D eigenvalue weighted by atomic mass is 16.1. The van der Waals surface area contributed by atoms with Gasteiger partial charge in [0.05, 0.1) is 0 Å². The molecule has 0 bridgehead atoms. The Morgan fingerprint density at radius 1 is 0.243 bits per heavy atom. The zero-order chi connectivity index (χ0) is 41.6. The fraction of sp³-hybridized carbons (Fsp3) is 0.0441. The molecular formula is C68H7NO. The third-order valence-corrected chi connectivity index (χ3v) is 25.4. The number of ketones is 1. The van der Waals surface area contributed by atoms with Crippen LogP contribution >= 0.6 is 0 Å². The van der Waals surface area contributed by atoms with E-state index >= 15 is 0 Å². The molecule has 70 heavy (non-hydrogen) atoms. The molecule has 290 valence electrons. The molecule has 0 unspecified atom stereocenters. The summed E-state index contributed by atoms with van der Waals surface area (Å²) in [5.74, 6) is 0.142. The lowest BCUT2D eigenvalue weighted by Gasteiger charge is -2.29. The van der Waals surface area contributed by atoms with Gasteiger partial charge in [-0.25, -0.2) is 0 Å². The molecule has 1 aliphatic heterocycles. The first-order chi connectivity index (χ1) is 34.8. The van der Waals surface area contributed by atoms with E-state index in [2.05, 4.69) is 29.2 Å². The maximum atomic E-state index is 13.1. The quantitative estimate of drug-likeness (QED) is 0.0981. The molecule has 1 heterocycles. The van der Waals surface area contributed by atoms with Gasteiger partial charge in [0.15, 0.2) is 5.78 Å². The number of hydrogen-bond donors (Lipinski definition) is 0. The van der Waals surface area contributed by atoms with Gasteiger partial charge in [-0.3, -0.25) is 4.79 Å². The first-order valence-electron chi connectivity index (χ1n) is 25.9. The molecule has 2 nitrogen and oxygen atoms in total. The molecule has 1 saturated heterocycles. The predicted octanol–water partition coefficient (Wildman–Crippen LogP) is 17.9. The number of anilines is 1. The van der Waals surface area contributed by atoms with Gasteiger partial charge in [0.2, 0.25) is 0 Å². The molecule has 1 fully saturated rings. The van der Waals surface area contributed by atoms with E-state index in [1.165, 1.54) is 5.69 Å². The summed E-state index contributed by atoms with van der Waals surface area (Å²) >= 11 is 0. The smallest absolute Gasteiger partial charge is 0.159 e. The molecule has 0 radical (unpaired) electrons. The highest BCUT2D eigenvalue weighted by Crippen LogP contribution is 2.90. The van der Waals surface area contributed by atoms with E-state index in [1.54, 1.807) is 320 Å². The number of rotatable bonds is 2. The average Bonchev–Trinajstić information content (AvgIpc) is 4.23. The molecule has 4 aliphatic carbocycles. The van der Waals surface area contributed by atoms with E-state index in [-0.39, 0.29) is 5.78 Å². The molecule has 2 heteroatoms. The molecule has 0 atom stereocenters. The summed E-state index contributed by atoms with van der Waals surface area (Å²) in [4.78, 5) is 16.2. The lowest BCUT2D eigenvalue weighted by molar-refractivity contribution is 0.101. The van der Waals surface area contributed by atoms with Crippen molar-refractivity contribution in [2.45, 2.75) is 18.0 Å². The molecule has 29 aromatic rings. The van der Waals surface area contributed by atoms with E-state index in [0.717, 1.165) is 5.56 Å². The second kappa shape index (κ2) is 5.64. The fourth-order valence-corrected chi connectivity index (χ4v) is 25.2. The van der Waals surface area contributed by atoms with Crippen LogP contribution in [-0.4, -0.2) is 5.78 Å². The Morgan fingerprint density at radius 3 is 0.529 bits per heavy atom.